The molecular formula is C20H20FN3O5S. The topological polar surface area (TPSA) is 105 Å². The number of ether oxygens (including phenoxy) is 1. The Morgan fingerprint density at radius 1 is 1.03 bits per heavy atom. The van der Waals surface area contributed by atoms with Gasteiger partial charge in [-0.15, -0.1) is 0 Å². The number of imide groups is 1. The zero-order chi connectivity index (χ0) is 21.3. The largest absolute Gasteiger partial charge is 0.379 e. The molecule has 1 fully saturated rings. The summed E-state index contributed by atoms with van der Waals surface area (Å²) in [4.78, 5) is 25.5. The summed E-state index contributed by atoms with van der Waals surface area (Å²) >= 11 is 0. The molecule has 4 rings (SSSR count). The minimum atomic E-state index is -3.95. The first-order chi connectivity index (χ1) is 14.3. The van der Waals surface area contributed by atoms with E-state index < -0.39 is 21.8 Å². The van der Waals surface area contributed by atoms with Gasteiger partial charge in [0.05, 0.1) is 29.2 Å². The Labute approximate surface area is 173 Å². The van der Waals surface area contributed by atoms with Crippen molar-refractivity contribution in [1.82, 2.24) is 14.9 Å². The van der Waals surface area contributed by atoms with Crippen molar-refractivity contribution in [2.45, 2.75) is 10.9 Å². The molecule has 0 aliphatic carbocycles. The Kier molecular flexibility index (Phi) is 5.65. The Morgan fingerprint density at radius 2 is 1.70 bits per heavy atom. The van der Waals surface area contributed by atoms with E-state index in [9.17, 15) is 22.4 Å². The molecular weight excluding hydrogens is 413 g/mol. The van der Waals surface area contributed by atoms with Crippen molar-refractivity contribution >= 4 is 21.8 Å². The number of halogens is 1. The Morgan fingerprint density at radius 3 is 2.40 bits per heavy atom. The maximum atomic E-state index is 13.4. The first-order valence-electron chi connectivity index (χ1n) is 9.42. The quantitative estimate of drug-likeness (QED) is 0.661. The van der Waals surface area contributed by atoms with E-state index in [1.807, 2.05) is 0 Å². The second-order valence-electron chi connectivity index (χ2n) is 7.06. The molecule has 0 spiro atoms. The number of amides is 2. The third-order valence-corrected chi connectivity index (χ3v) is 6.65. The van der Waals surface area contributed by atoms with Gasteiger partial charge in [0, 0.05) is 25.7 Å². The van der Waals surface area contributed by atoms with Crippen LogP contribution in [0.3, 0.4) is 0 Å². The summed E-state index contributed by atoms with van der Waals surface area (Å²) < 4.78 is 47.0. The number of nitrogens with one attached hydrogen (secondary N) is 2. The van der Waals surface area contributed by atoms with E-state index >= 15 is 0 Å². The molecule has 0 bridgehead atoms. The summed E-state index contributed by atoms with van der Waals surface area (Å²) in [5.74, 6) is -1.54. The van der Waals surface area contributed by atoms with Crippen LogP contribution in [0.25, 0.3) is 0 Å². The smallest absolute Gasteiger partial charge is 0.258 e. The van der Waals surface area contributed by atoms with Crippen LogP contribution in [0.4, 0.5) is 4.39 Å². The van der Waals surface area contributed by atoms with Gasteiger partial charge in [-0.05, 0) is 35.9 Å². The van der Waals surface area contributed by atoms with Crippen molar-refractivity contribution < 1.29 is 27.1 Å². The molecule has 1 atom stereocenters. The molecule has 1 unspecified atom stereocenters. The molecule has 2 aliphatic heterocycles. The summed E-state index contributed by atoms with van der Waals surface area (Å²) in [6.07, 6.45) is 0. The number of nitrogens with zero attached hydrogens (tertiary/aromatic N) is 1. The molecule has 2 aliphatic rings. The molecule has 2 aromatic carbocycles. The zero-order valence-corrected chi connectivity index (χ0v) is 16.7. The highest BCUT2D eigenvalue weighted by Crippen LogP contribution is 2.24. The first-order valence-corrected chi connectivity index (χ1v) is 10.9. The van der Waals surface area contributed by atoms with Crippen molar-refractivity contribution in [2.75, 3.05) is 32.8 Å². The highest BCUT2D eigenvalue weighted by Gasteiger charge is 2.30. The second-order valence-corrected chi connectivity index (χ2v) is 8.83. The lowest BCUT2D eigenvalue weighted by molar-refractivity contribution is 0.0172. The summed E-state index contributed by atoms with van der Waals surface area (Å²) in [5.41, 5.74) is 0.961. The lowest BCUT2D eigenvalue weighted by Crippen LogP contribution is -2.43. The van der Waals surface area contributed by atoms with Gasteiger partial charge in [-0.2, -0.15) is 0 Å². The number of hydrogen-bond acceptors (Lipinski definition) is 6. The van der Waals surface area contributed by atoms with Crippen LogP contribution in [-0.2, 0) is 14.8 Å². The number of morpholine rings is 1. The minimum absolute atomic E-state index is 0.0335. The fourth-order valence-electron chi connectivity index (χ4n) is 3.62. The molecule has 0 saturated carbocycles. The summed E-state index contributed by atoms with van der Waals surface area (Å²) in [5, 5.41) is 2.14. The Bertz CT molecular complexity index is 1080. The summed E-state index contributed by atoms with van der Waals surface area (Å²) in [6.45, 7) is 2.34. The molecule has 0 radical (unpaired) electrons. The Hall–Kier alpha value is -2.66. The van der Waals surface area contributed by atoms with Crippen LogP contribution >= 0.6 is 0 Å². The minimum Gasteiger partial charge on any atom is -0.379 e. The van der Waals surface area contributed by atoms with Crippen LogP contribution in [-0.4, -0.2) is 58.0 Å². The summed E-state index contributed by atoms with van der Waals surface area (Å²) in [7, 11) is -3.95. The van der Waals surface area contributed by atoms with Crippen molar-refractivity contribution in [1.29, 1.82) is 0 Å². The van der Waals surface area contributed by atoms with Crippen molar-refractivity contribution in [3.63, 3.8) is 0 Å². The van der Waals surface area contributed by atoms with Gasteiger partial charge in [-0.25, -0.2) is 17.5 Å². The van der Waals surface area contributed by atoms with E-state index in [0.29, 0.717) is 26.3 Å². The van der Waals surface area contributed by atoms with Gasteiger partial charge < -0.3 is 4.74 Å². The van der Waals surface area contributed by atoms with Gasteiger partial charge in [0.1, 0.15) is 5.82 Å². The fraction of sp³-hybridized carbons (Fsp3) is 0.300. The zero-order valence-electron chi connectivity index (χ0n) is 15.9. The molecule has 2 N–H and O–H groups in total. The van der Waals surface area contributed by atoms with E-state index in [1.54, 1.807) is 12.1 Å². The monoisotopic (exact) mass is 433 g/mol. The molecule has 1 saturated heterocycles. The lowest BCUT2D eigenvalue weighted by atomic mass is 10.0. The van der Waals surface area contributed by atoms with Crippen molar-refractivity contribution in [3.8, 4) is 0 Å². The number of benzene rings is 2. The standard InChI is InChI=1S/C20H20FN3O5S/c21-14-3-1-13(2-4-14)18(24-7-9-29-10-8-24)12-22-30(27,28)15-5-6-16-17(11-15)20(26)23-19(16)25/h1-6,11,18,22H,7-10,12H2,(H,23,25,26). The number of hydrogen-bond donors (Lipinski definition) is 2. The fourth-order valence-corrected chi connectivity index (χ4v) is 4.68. The predicted molar refractivity (Wildman–Crippen MR) is 105 cm³/mol. The number of sulfonamides is 1. The molecule has 8 nitrogen and oxygen atoms in total. The van der Waals surface area contributed by atoms with Crippen LogP contribution in [0.5, 0.6) is 0 Å². The van der Waals surface area contributed by atoms with E-state index in [4.69, 9.17) is 4.74 Å². The lowest BCUT2D eigenvalue weighted by Gasteiger charge is -2.34. The summed E-state index contributed by atoms with van der Waals surface area (Å²) in [6, 6.07) is 9.44. The first kappa shape index (κ1) is 20.6. The SMILES string of the molecule is O=C1NC(=O)c2cc(S(=O)(=O)NCC(c3ccc(F)cc3)N3CCOCC3)ccc21. The van der Waals surface area contributed by atoms with Gasteiger partial charge in [-0.1, -0.05) is 12.1 Å². The van der Waals surface area contributed by atoms with Gasteiger partial charge in [0.2, 0.25) is 10.0 Å². The highest BCUT2D eigenvalue weighted by atomic mass is 32.2. The van der Waals surface area contributed by atoms with Gasteiger partial charge in [0.25, 0.3) is 11.8 Å². The molecule has 2 heterocycles. The van der Waals surface area contributed by atoms with Crippen LogP contribution in [0.2, 0.25) is 0 Å². The molecule has 2 aromatic rings. The molecule has 2 amide bonds. The van der Waals surface area contributed by atoms with Gasteiger partial charge >= 0.3 is 0 Å². The molecule has 158 valence electrons. The van der Waals surface area contributed by atoms with Crippen LogP contribution in [0.1, 0.15) is 32.3 Å². The number of carbonyl (C=O) groups is 2. The number of carbonyl (C=O) groups excluding carboxylic acids is 2. The molecule has 10 heteroatoms. The third kappa shape index (κ3) is 4.12. The van der Waals surface area contributed by atoms with Crippen molar-refractivity contribution in [2.24, 2.45) is 0 Å². The normalized spacial score (nSPS) is 18.2. The average molecular weight is 433 g/mol. The van der Waals surface area contributed by atoms with Crippen LogP contribution < -0.4 is 10.0 Å². The predicted octanol–water partition coefficient (Wildman–Crippen LogP) is 1.06. The number of rotatable bonds is 6. The third-order valence-electron chi connectivity index (χ3n) is 5.23. The van der Waals surface area contributed by atoms with Crippen LogP contribution in [0.15, 0.2) is 47.4 Å². The Balaban J connectivity index is 1.56. The van der Waals surface area contributed by atoms with Gasteiger partial charge in [-0.3, -0.25) is 19.8 Å². The molecule has 30 heavy (non-hydrogen) atoms. The number of fused-ring (bicyclic) bond motifs is 1. The van der Waals surface area contributed by atoms with E-state index in [2.05, 4.69) is 14.9 Å². The second kappa shape index (κ2) is 8.23. The maximum absolute atomic E-state index is 13.4. The van der Waals surface area contributed by atoms with E-state index in [1.165, 1.54) is 30.3 Å². The van der Waals surface area contributed by atoms with E-state index in [0.717, 1.165) is 5.56 Å². The van der Waals surface area contributed by atoms with E-state index in [-0.39, 0.29) is 34.4 Å². The van der Waals surface area contributed by atoms with Crippen LogP contribution in [0, 0.1) is 5.82 Å². The van der Waals surface area contributed by atoms with Crippen molar-refractivity contribution in [3.05, 3.63) is 65.0 Å². The van der Waals surface area contributed by atoms with Gasteiger partial charge in [0.15, 0.2) is 0 Å². The molecule has 0 aromatic heterocycles. The average Bonchev–Trinajstić information content (AvgIpc) is 3.03. The maximum Gasteiger partial charge on any atom is 0.258 e. The highest BCUT2D eigenvalue weighted by molar-refractivity contribution is 7.89.